The molecule has 0 radical (unpaired) electrons. The summed E-state index contributed by atoms with van der Waals surface area (Å²) in [6, 6.07) is 3.65. The lowest BCUT2D eigenvalue weighted by Gasteiger charge is -2.31. The minimum absolute atomic E-state index is 0.218. The number of benzene rings is 1. The fraction of sp³-hybridized carbons (Fsp3) is 0.667. The molecule has 1 aliphatic heterocycles. The van der Waals surface area contributed by atoms with Crippen molar-refractivity contribution in [3.63, 3.8) is 0 Å². The van der Waals surface area contributed by atoms with Gasteiger partial charge < -0.3 is 9.47 Å². The quantitative estimate of drug-likeness (QED) is 0.904. The summed E-state index contributed by atoms with van der Waals surface area (Å²) in [6.07, 6.45) is 5.04. The number of aryl methyl sites for hydroxylation is 3. The highest BCUT2D eigenvalue weighted by molar-refractivity contribution is 7.89. The molecule has 134 valence electrons. The van der Waals surface area contributed by atoms with Gasteiger partial charge in [0.25, 0.3) is 0 Å². The molecule has 1 spiro atoms. The number of rotatable bonds is 4. The monoisotopic (exact) mass is 353 g/mol. The standard InChI is InChI=1S/C18H27NO4S/c1-13-9-15(3)17(10-14(13)2)24(20,21)19-11-16-12-22-18(23-16)7-5-4-6-8-18/h9-10,16,19H,4-8,11-12H2,1-3H3/t16-/m1/s1. The van der Waals surface area contributed by atoms with E-state index in [-0.39, 0.29) is 12.6 Å². The second-order valence-corrected chi connectivity index (χ2v) is 8.81. The first kappa shape index (κ1) is 17.9. The number of ether oxygens (including phenoxy) is 2. The molecule has 1 N–H and O–H groups in total. The van der Waals surface area contributed by atoms with Gasteiger partial charge in [-0.2, -0.15) is 0 Å². The fourth-order valence-corrected chi connectivity index (χ4v) is 4.95. The smallest absolute Gasteiger partial charge is 0.240 e. The molecule has 1 aromatic rings. The normalized spacial score (nSPS) is 23.7. The Labute approximate surface area is 144 Å². The van der Waals surface area contributed by atoms with Crippen LogP contribution in [0, 0.1) is 20.8 Å². The van der Waals surface area contributed by atoms with Crippen molar-refractivity contribution in [1.82, 2.24) is 4.72 Å². The molecule has 3 rings (SSSR count). The van der Waals surface area contributed by atoms with Crippen molar-refractivity contribution in [3.05, 3.63) is 28.8 Å². The van der Waals surface area contributed by atoms with Crippen molar-refractivity contribution in [2.45, 2.75) is 69.7 Å². The van der Waals surface area contributed by atoms with Crippen LogP contribution >= 0.6 is 0 Å². The van der Waals surface area contributed by atoms with E-state index < -0.39 is 15.8 Å². The van der Waals surface area contributed by atoms with Crippen molar-refractivity contribution >= 4 is 10.0 Å². The van der Waals surface area contributed by atoms with E-state index in [2.05, 4.69) is 4.72 Å². The Morgan fingerprint density at radius 3 is 2.46 bits per heavy atom. The Morgan fingerprint density at radius 2 is 1.75 bits per heavy atom. The third-order valence-electron chi connectivity index (χ3n) is 5.11. The summed E-state index contributed by atoms with van der Waals surface area (Å²) in [7, 11) is -3.55. The summed E-state index contributed by atoms with van der Waals surface area (Å²) < 4.78 is 39.9. The first-order valence-corrected chi connectivity index (χ1v) is 10.2. The molecule has 0 amide bonds. The van der Waals surface area contributed by atoms with Crippen LogP contribution in [-0.4, -0.2) is 33.5 Å². The van der Waals surface area contributed by atoms with Gasteiger partial charge in [-0.25, -0.2) is 13.1 Å². The summed E-state index contributed by atoms with van der Waals surface area (Å²) in [6.45, 7) is 6.44. The van der Waals surface area contributed by atoms with E-state index in [4.69, 9.17) is 9.47 Å². The summed E-state index contributed by atoms with van der Waals surface area (Å²) in [5.74, 6) is -0.468. The number of nitrogens with one attached hydrogen (secondary N) is 1. The van der Waals surface area contributed by atoms with Gasteiger partial charge in [0.15, 0.2) is 5.79 Å². The van der Waals surface area contributed by atoms with Crippen LogP contribution in [0.5, 0.6) is 0 Å². The Balaban J connectivity index is 1.65. The third-order valence-corrected chi connectivity index (χ3v) is 6.68. The van der Waals surface area contributed by atoms with Crippen LogP contribution in [0.4, 0.5) is 0 Å². The van der Waals surface area contributed by atoms with E-state index in [0.29, 0.717) is 11.5 Å². The van der Waals surface area contributed by atoms with Gasteiger partial charge >= 0.3 is 0 Å². The van der Waals surface area contributed by atoms with Crippen LogP contribution in [0.25, 0.3) is 0 Å². The molecule has 1 saturated heterocycles. The van der Waals surface area contributed by atoms with E-state index in [1.807, 2.05) is 26.8 Å². The van der Waals surface area contributed by atoms with Gasteiger partial charge in [-0.1, -0.05) is 12.5 Å². The molecule has 5 nitrogen and oxygen atoms in total. The van der Waals surface area contributed by atoms with Crippen LogP contribution in [0.1, 0.15) is 48.8 Å². The van der Waals surface area contributed by atoms with E-state index in [1.165, 1.54) is 6.42 Å². The average molecular weight is 353 g/mol. The maximum atomic E-state index is 12.6. The summed E-state index contributed by atoms with van der Waals surface area (Å²) >= 11 is 0. The van der Waals surface area contributed by atoms with Gasteiger partial charge in [0.1, 0.15) is 0 Å². The number of hydrogen-bond donors (Lipinski definition) is 1. The van der Waals surface area contributed by atoms with Crippen molar-refractivity contribution in [3.8, 4) is 0 Å². The first-order valence-electron chi connectivity index (χ1n) is 8.71. The maximum Gasteiger partial charge on any atom is 0.240 e. The topological polar surface area (TPSA) is 64.6 Å². The van der Waals surface area contributed by atoms with E-state index in [0.717, 1.165) is 42.4 Å². The Morgan fingerprint density at radius 1 is 1.08 bits per heavy atom. The minimum atomic E-state index is -3.55. The lowest BCUT2D eigenvalue weighted by Crippen LogP contribution is -2.37. The Kier molecular flexibility index (Phi) is 5.02. The van der Waals surface area contributed by atoms with Crippen LogP contribution in [0.3, 0.4) is 0 Å². The van der Waals surface area contributed by atoms with Gasteiger partial charge in [-0.15, -0.1) is 0 Å². The van der Waals surface area contributed by atoms with E-state index in [9.17, 15) is 8.42 Å². The van der Waals surface area contributed by atoms with Crippen LogP contribution < -0.4 is 4.72 Å². The molecule has 1 aliphatic carbocycles. The molecule has 0 unspecified atom stereocenters. The lowest BCUT2D eigenvalue weighted by molar-refractivity contribution is -0.186. The van der Waals surface area contributed by atoms with Gasteiger partial charge in [-0.05, 0) is 56.4 Å². The molecule has 0 aromatic heterocycles. The fourth-order valence-electron chi connectivity index (χ4n) is 3.57. The minimum Gasteiger partial charge on any atom is -0.347 e. The van der Waals surface area contributed by atoms with Crippen molar-refractivity contribution in [1.29, 1.82) is 0 Å². The summed E-state index contributed by atoms with van der Waals surface area (Å²) in [5, 5.41) is 0. The second-order valence-electron chi connectivity index (χ2n) is 7.08. The molecule has 24 heavy (non-hydrogen) atoms. The van der Waals surface area contributed by atoms with Gasteiger partial charge in [0.2, 0.25) is 10.0 Å². The molecule has 2 aliphatic rings. The van der Waals surface area contributed by atoms with Gasteiger partial charge in [-0.3, -0.25) is 0 Å². The van der Waals surface area contributed by atoms with Crippen molar-refractivity contribution in [2.75, 3.05) is 13.2 Å². The van der Waals surface area contributed by atoms with Crippen LogP contribution in [-0.2, 0) is 19.5 Å². The van der Waals surface area contributed by atoms with Crippen molar-refractivity contribution in [2.24, 2.45) is 0 Å². The zero-order valence-corrected chi connectivity index (χ0v) is 15.5. The molecule has 1 atom stereocenters. The average Bonchev–Trinajstić information content (AvgIpc) is 2.92. The second kappa shape index (κ2) is 6.75. The first-order chi connectivity index (χ1) is 11.3. The lowest BCUT2D eigenvalue weighted by atomic mass is 9.94. The molecule has 1 aromatic carbocycles. The number of hydrogen-bond acceptors (Lipinski definition) is 4. The Bertz CT molecular complexity index is 708. The SMILES string of the molecule is Cc1cc(C)c(S(=O)(=O)NC[C@@H]2COC3(CCCCC3)O2)cc1C. The van der Waals surface area contributed by atoms with Gasteiger partial charge in [0, 0.05) is 19.4 Å². The zero-order valence-electron chi connectivity index (χ0n) is 14.7. The molecule has 0 bridgehead atoms. The summed E-state index contributed by atoms with van der Waals surface area (Å²) in [4.78, 5) is 0.344. The summed E-state index contributed by atoms with van der Waals surface area (Å²) in [5.41, 5.74) is 2.83. The van der Waals surface area contributed by atoms with E-state index >= 15 is 0 Å². The molecule has 6 heteroatoms. The molecule has 1 heterocycles. The maximum absolute atomic E-state index is 12.6. The van der Waals surface area contributed by atoms with Gasteiger partial charge in [0.05, 0.1) is 17.6 Å². The van der Waals surface area contributed by atoms with Crippen molar-refractivity contribution < 1.29 is 17.9 Å². The molecule has 2 fully saturated rings. The van der Waals surface area contributed by atoms with Crippen LogP contribution in [0.15, 0.2) is 17.0 Å². The third kappa shape index (κ3) is 3.67. The zero-order chi connectivity index (χ0) is 17.4. The highest BCUT2D eigenvalue weighted by atomic mass is 32.2. The largest absolute Gasteiger partial charge is 0.347 e. The molecular weight excluding hydrogens is 326 g/mol. The highest BCUT2D eigenvalue weighted by Gasteiger charge is 2.42. The number of sulfonamides is 1. The predicted octanol–water partition coefficient (Wildman–Crippen LogP) is 2.97. The molecular formula is C18H27NO4S. The highest BCUT2D eigenvalue weighted by Crippen LogP contribution is 2.37. The Hall–Kier alpha value is -0.950. The molecule has 1 saturated carbocycles. The van der Waals surface area contributed by atoms with Crippen LogP contribution in [0.2, 0.25) is 0 Å². The van der Waals surface area contributed by atoms with E-state index in [1.54, 1.807) is 6.07 Å². The predicted molar refractivity (Wildman–Crippen MR) is 92.5 cm³/mol.